The SMILES string of the molecule is COC(=O)C1CCC(Oc2ccnc3c2cnn3Cc2ccc(OC)cc2)CC1. The van der Waals surface area contributed by atoms with Gasteiger partial charge in [0.25, 0.3) is 0 Å². The fraction of sp³-hybridized carbons (Fsp3) is 0.409. The summed E-state index contributed by atoms with van der Waals surface area (Å²) in [5.74, 6) is 1.49. The van der Waals surface area contributed by atoms with Gasteiger partial charge >= 0.3 is 5.97 Å². The van der Waals surface area contributed by atoms with E-state index in [1.165, 1.54) is 7.11 Å². The van der Waals surface area contributed by atoms with Gasteiger partial charge in [0.15, 0.2) is 5.65 Å². The van der Waals surface area contributed by atoms with Crippen molar-refractivity contribution in [3.8, 4) is 11.5 Å². The Labute approximate surface area is 169 Å². The van der Waals surface area contributed by atoms with Crippen LogP contribution in [0.15, 0.2) is 42.7 Å². The van der Waals surface area contributed by atoms with Gasteiger partial charge in [-0.3, -0.25) is 4.79 Å². The topological polar surface area (TPSA) is 75.5 Å². The highest BCUT2D eigenvalue weighted by atomic mass is 16.5. The molecule has 1 saturated carbocycles. The molecule has 3 aromatic rings. The predicted octanol–water partition coefficient (Wildman–Crippen LogP) is 3.60. The van der Waals surface area contributed by atoms with Gasteiger partial charge in [-0.15, -0.1) is 0 Å². The zero-order chi connectivity index (χ0) is 20.2. The highest BCUT2D eigenvalue weighted by Gasteiger charge is 2.28. The van der Waals surface area contributed by atoms with E-state index in [2.05, 4.69) is 10.1 Å². The van der Waals surface area contributed by atoms with Gasteiger partial charge in [-0.25, -0.2) is 9.67 Å². The van der Waals surface area contributed by atoms with Crippen LogP contribution in [0.3, 0.4) is 0 Å². The molecule has 2 aromatic heterocycles. The molecule has 4 rings (SSSR count). The highest BCUT2D eigenvalue weighted by Crippen LogP contribution is 2.31. The van der Waals surface area contributed by atoms with Crippen LogP contribution < -0.4 is 9.47 Å². The average Bonchev–Trinajstić information content (AvgIpc) is 3.18. The molecular weight excluding hydrogens is 370 g/mol. The Hall–Kier alpha value is -3.09. The molecule has 1 aromatic carbocycles. The lowest BCUT2D eigenvalue weighted by Gasteiger charge is -2.27. The number of fused-ring (bicyclic) bond motifs is 1. The quantitative estimate of drug-likeness (QED) is 0.594. The summed E-state index contributed by atoms with van der Waals surface area (Å²) < 4.78 is 18.2. The normalized spacial score (nSPS) is 19.1. The molecule has 152 valence electrons. The lowest BCUT2D eigenvalue weighted by atomic mass is 9.87. The number of hydrogen-bond donors (Lipinski definition) is 0. The summed E-state index contributed by atoms with van der Waals surface area (Å²) >= 11 is 0. The van der Waals surface area contributed by atoms with Crippen molar-refractivity contribution in [3.63, 3.8) is 0 Å². The van der Waals surface area contributed by atoms with E-state index in [0.29, 0.717) is 6.54 Å². The van der Waals surface area contributed by atoms with Crippen molar-refractivity contribution in [2.24, 2.45) is 5.92 Å². The fourth-order valence-electron chi connectivity index (χ4n) is 3.84. The smallest absolute Gasteiger partial charge is 0.308 e. The molecule has 0 atom stereocenters. The highest BCUT2D eigenvalue weighted by molar-refractivity contribution is 5.81. The molecule has 1 aliphatic carbocycles. The monoisotopic (exact) mass is 395 g/mol. The van der Waals surface area contributed by atoms with Gasteiger partial charge in [0, 0.05) is 6.20 Å². The van der Waals surface area contributed by atoms with Crippen molar-refractivity contribution in [2.45, 2.75) is 38.3 Å². The standard InChI is InChI=1S/C22H25N3O4/c1-27-17-7-3-15(4-8-17)14-25-21-19(13-24-25)20(11-12-23-21)29-18-9-5-16(6-10-18)22(26)28-2/h3-4,7-8,11-13,16,18H,5-6,9-10,14H2,1-2H3. The second-order valence-electron chi connectivity index (χ2n) is 7.31. The second-order valence-corrected chi connectivity index (χ2v) is 7.31. The molecule has 29 heavy (non-hydrogen) atoms. The van der Waals surface area contributed by atoms with Crippen LogP contribution in [0.25, 0.3) is 11.0 Å². The van der Waals surface area contributed by atoms with E-state index in [-0.39, 0.29) is 18.0 Å². The number of esters is 1. The van der Waals surface area contributed by atoms with Crippen LogP contribution in [0.1, 0.15) is 31.2 Å². The van der Waals surface area contributed by atoms with Gasteiger partial charge < -0.3 is 14.2 Å². The third-order valence-electron chi connectivity index (χ3n) is 5.49. The number of hydrogen-bond acceptors (Lipinski definition) is 6. The summed E-state index contributed by atoms with van der Waals surface area (Å²) in [5, 5.41) is 5.41. The lowest BCUT2D eigenvalue weighted by molar-refractivity contribution is -0.147. The number of benzene rings is 1. The van der Waals surface area contributed by atoms with Crippen LogP contribution in [0.2, 0.25) is 0 Å². The first-order valence-electron chi connectivity index (χ1n) is 9.86. The Kier molecular flexibility index (Phi) is 5.64. The number of carbonyl (C=O) groups is 1. The molecule has 0 radical (unpaired) electrons. The molecule has 0 unspecified atom stereocenters. The number of aromatic nitrogens is 3. The molecule has 1 aliphatic rings. The molecule has 0 N–H and O–H groups in total. The summed E-state index contributed by atoms with van der Waals surface area (Å²) in [6.45, 7) is 0.619. The van der Waals surface area contributed by atoms with Gasteiger partial charge in [0.05, 0.1) is 44.4 Å². The van der Waals surface area contributed by atoms with Gasteiger partial charge in [0.1, 0.15) is 11.5 Å². The molecule has 0 aliphatic heterocycles. The van der Waals surface area contributed by atoms with Gasteiger partial charge in [0.2, 0.25) is 0 Å². The maximum atomic E-state index is 11.7. The molecule has 7 nitrogen and oxygen atoms in total. The Balaban J connectivity index is 1.47. The summed E-state index contributed by atoms with van der Waals surface area (Å²) in [6, 6.07) is 9.80. The van der Waals surface area contributed by atoms with Crippen LogP contribution in [-0.2, 0) is 16.1 Å². The zero-order valence-electron chi connectivity index (χ0n) is 16.7. The molecular formula is C22H25N3O4. The molecule has 2 heterocycles. The van der Waals surface area contributed by atoms with Crippen LogP contribution in [0.4, 0.5) is 0 Å². The van der Waals surface area contributed by atoms with Crippen molar-refractivity contribution in [1.82, 2.24) is 14.8 Å². The zero-order valence-corrected chi connectivity index (χ0v) is 16.7. The Morgan fingerprint density at radius 2 is 1.86 bits per heavy atom. The largest absolute Gasteiger partial charge is 0.497 e. The minimum absolute atomic E-state index is 0.00967. The summed E-state index contributed by atoms with van der Waals surface area (Å²) in [6.07, 6.45) is 6.91. The van der Waals surface area contributed by atoms with Crippen LogP contribution >= 0.6 is 0 Å². The minimum atomic E-state index is -0.116. The predicted molar refractivity (Wildman–Crippen MR) is 108 cm³/mol. The molecule has 0 bridgehead atoms. The van der Waals surface area contributed by atoms with E-state index < -0.39 is 0 Å². The first-order chi connectivity index (χ1) is 14.2. The number of pyridine rings is 1. The van der Waals surface area contributed by atoms with Crippen LogP contribution in [-0.4, -0.2) is 41.1 Å². The molecule has 0 saturated heterocycles. The Bertz CT molecular complexity index is 975. The average molecular weight is 395 g/mol. The van der Waals surface area contributed by atoms with Gasteiger partial charge in [-0.05, 0) is 49.4 Å². The van der Waals surface area contributed by atoms with Crippen molar-refractivity contribution < 1.29 is 19.0 Å². The maximum absolute atomic E-state index is 11.7. The van der Waals surface area contributed by atoms with E-state index in [4.69, 9.17) is 14.2 Å². The summed E-state index contributed by atoms with van der Waals surface area (Å²) in [7, 11) is 3.10. The van der Waals surface area contributed by atoms with Crippen LogP contribution in [0.5, 0.6) is 11.5 Å². The number of rotatable bonds is 6. The maximum Gasteiger partial charge on any atom is 0.308 e. The number of ether oxygens (including phenoxy) is 3. The van der Waals surface area contributed by atoms with Crippen molar-refractivity contribution >= 4 is 17.0 Å². The molecule has 1 fully saturated rings. The first-order valence-corrected chi connectivity index (χ1v) is 9.86. The third kappa shape index (κ3) is 4.18. The Morgan fingerprint density at radius 1 is 1.10 bits per heavy atom. The van der Waals surface area contributed by atoms with Gasteiger partial charge in [-0.2, -0.15) is 5.10 Å². The van der Waals surface area contributed by atoms with E-state index in [1.807, 2.05) is 35.0 Å². The number of nitrogens with zero attached hydrogens (tertiary/aromatic N) is 3. The first kappa shape index (κ1) is 19.2. The summed E-state index contributed by atoms with van der Waals surface area (Å²) in [4.78, 5) is 16.2. The number of methoxy groups -OCH3 is 2. The van der Waals surface area contributed by atoms with Crippen molar-refractivity contribution in [2.75, 3.05) is 14.2 Å². The Morgan fingerprint density at radius 3 is 2.55 bits per heavy atom. The van der Waals surface area contributed by atoms with Gasteiger partial charge in [-0.1, -0.05) is 12.1 Å². The number of carbonyl (C=O) groups excluding carboxylic acids is 1. The minimum Gasteiger partial charge on any atom is -0.497 e. The molecule has 0 amide bonds. The van der Waals surface area contributed by atoms with E-state index in [0.717, 1.165) is 53.8 Å². The van der Waals surface area contributed by atoms with Crippen LogP contribution in [0, 0.1) is 5.92 Å². The van der Waals surface area contributed by atoms with Crippen molar-refractivity contribution in [1.29, 1.82) is 0 Å². The van der Waals surface area contributed by atoms with E-state index in [1.54, 1.807) is 19.5 Å². The fourth-order valence-corrected chi connectivity index (χ4v) is 3.84. The molecule has 7 heteroatoms. The summed E-state index contributed by atoms with van der Waals surface area (Å²) in [5.41, 5.74) is 1.91. The third-order valence-corrected chi connectivity index (χ3v) is 5.49. The van der Waals surface area contributed by atoms with E-state index in [9.17, 15) is 4.79 Å². The molecule has 0 spiro atoms. The lowest BCUT2D eigenvalue weighted by Crippen LogP contribution is -2.28. The second kappa shape index (κ2) is 8.51. The van der Waals surface area contributed by atoms with E-state index >= 15 is 0 Å². The van der Waals surface area contributed by atoms with Crippen molar-refractivity contribution in [3.05, 3.63) is 48.3 Å².